The first-order valence-electron chi connectivity index (χ1n) is 7.85. The van der Waals surface area contributed by atoms with E-state index in [1.807, 2.05) is 0 Å². The van der Waals surface area contributed by atoms with Crippen LogP contribution in [-0.4, -0.2) is 25.0 Å². The highest BCUT2D eigenvalue weighted by molar-refractivity contribution is 5.27. The molecule has 0 saturated heterocycles. The Morgan fingerprint density at radius 1 is 0.810 bits per heavy atom. The second-order valence-corrected chi connectivity index (χ2v) is 6.41. The summed E-state index contributed by atoms with van der Waals surface area (Å²) >= 11 is 0. The van der Waals surface area contributed by atoms with E-state index in [9.17, 15) is 0 Å². The van der Waals surface area contributed by atoms with Crippen LogP contribution in [0.25, 0.3) is 0 Å². The van der Waals surface area contributed by atoms with Crippen LogP contribution >= 0.6 is 0 Å². The smallest absolute Gasteiger partial charge is 0.0170 e. The molecule has 0 amide bonds. The molecule has 0 N–H and O–H groups in total. The molecule has 0 aromatic heterocycles. The van der Waals surface area contributed by atoms with Gasteiger partial charge in [0.2, 0.25) is 0 Å². The molecule has 112 valence electrons. The second kappa shape index (κ2) is 7.42. The van der Waals surface area contributed by atoms with Crippen molar-refractivity contribution < 1.29 is 0 Å². The normalized spacial score (nSPS) is 12.9. The Kier molecular flexibility index (Phi) is 5.58. The highest BCUT2D eigenvalue weighted by atomic mass is 15.1. The fourth-order valence-corrected chi connectivity index (χ4v) is 2.67. The van der Waals surface area contributed by atoms with Gasteiger partial charge in [-0.05, 0) is 49.5 Å². The summed E-state index contributed by atoms with van der Waals surface area (Å²) in [6.45, 7) is 4.51. The molecule has 0 heterocycles. The SMILES string of the molecule is CC(C)c1cccc(CC(Cc2ccccc2)N(C)C)c1. The number of benzene rings is 2. The van der Waals surface area contributed by atoms with Crippen molar-refractivity contribution >= 4 is 0 Å². The largest absolute Gasteiger partial charge is 0.306 e. The van der Waals surface area contributed by atoms with Gasteiger partial charge in [-0.15, -0.1) is 0 Å². The predicted octanol–water partition coefficient (Wildman–Crippen LogP) is 4.53. The van der Waals surface area contributed by atoms with Gasteiger partial charge in [0.15, 0.2) is 0 Å². The Labute approximate surface area is 129 Å². The van der Waals surface area contributed by atoms with Gasteiger partial charge in [-0.3, -0.25) is 0 Å². The average molecular weight is 281 g/mol. The standard InChI is InChI=1S/C20H27N/c1-16(2)19-12-8-11-18(13-19)15-20(21(3)4)14-17-9-6-5-7-10-17/h5-13,16,20H,14-15H2,1-4H3. The van der Waals surface area contributed by atoms with Gasteiger partial charge in [0.25, 0.3) is 0 Å². The van der Waals surface area contributed by atoms with Crippen molar-refractivity contribution in [2.45, 2.75) is 38.6 Å². The van der Waals surface area contributed by atoms with Crippen molar-refractivity contribution in [2.24, 2.45) is 0 Å². The lowest BCUT2D eigenvalue weighted by atomic mass is 9.95. The van der Waals surface area contributed by atoms with E-state index < -0.39 is 0 Å². The number of nitrogens with zero attached hydrogens (tertiary/aromatic N) is 1. The Morgan fingerprint density at radius 2 is 1.43 bits per heavy atom. The highest BCUT2D eigenvalue weighted by Crippen LogP contribution is 2.18. The van der Waals surface area contributed by atoms with Crippen LogP contribution in [0, 0.1) is 0 Å². The van der Waals surface area contributed by atoms with Gasteiger partial charge < -0.3 is 4.90 Å². The van der Waals surface area contributed by atoms with Gasteiger partial charge in [0, 0.05) is 6.04 Å². The van der Waals surface area contributed by atoms with Gasteiger partial charge >= 0.3 is 0 Å². The summed E-state index contributed by atoms with van der Waals surface area (Å²) in [5, 5.41) is 0. The summed E-state index contributed by atoms with van der Waals surface area (Å²) in [5.74, 6) is 0.594. The van der Waals surface area contributed by atoms with Crippen LogP contribution in [0.5, 0.6) is 0 Å². The van der Waals surface area contributed by atoms with E-state index >= 15 is 0 Å². The molecule has 21 heavy (non-hydrogen) atoms. The minimum atomic E-state index is 0.537. The van der Waals surface area contributed by atoms with Crippen molar-refractivity contribution in [3.05, 3.63) is 71.3 Å². The molecule has 0 aliphatic rings. The Bertz CT molecular complexity index is 543. The van der Waals surface area contributed by atoms with Crippen LogP contribution in [0.3, 0.4) is 0 Å². The molecule has 2 aromatic carbocycles. The molecule has 0 spiro atoms. The summed E-state index contributed by atoms with van der Waals surface area (Å²) in [6.07, 6.45) is 2.20. The maximum atomic E-state index is 2.37. The third-order valence-electron chi connectivity index (χ3n) is 4.13. The van der Waals surface area contributed by atoms with Crippen LogP contribution in [0.4, 0.5) is 0 Å². The number of hydrogen-bond acceptors (Lipinski definition) is 1. The molecule has 0 saturated carbocycles. The number of rotatable bonds is 6. The zero-order chi connectivity index (χ0) is 15.2. The fourth-order valence-electron chi connectivity index (χ4n) is 2.67. The van der Waals surface area contributed by atoms with Gasteiger partial charge in [-0.1, -0.05) is 68.4 Å². The van der Waals surface area contributed by atoms with Gasteiger partial charge in [-0.25, -0.2) is 0 Å². The lowest BCUT2D eigenvalue weighted by Crippen LogP contribution is -2.32. The zero-order valence-corrected chi connectivity index (χ0v) is 13.7. The number of hydrogen-bond donors (Lipinski definition) is 0. The van der Waals surface area contributed by atoms with E-state index in [1.54, 1.807) is 0 Å². The monoisotopic (exact) mass is 281 g/mol. The van der Waals surface area contributed by atoms with Crippen molar-refractivity contribution in [3.63, 3.8) is 0 Å². The van der Waals surface area contributed by atoms with Crippen molar-refractivity contribution in [1.82, 2.24) is 4.90 Å². The van der Waals surface area contributed by atoms with Crippen molar-refractivity contribution in [3.8, 4) is 0 Å². The molecule has 0 aliphatic heterocycles. The lowest BCUT2D eigenvalue weighted by molar-refractivity contribution is 0.289. The minimum Gasteiger partial charge on any atom is -0.306 e. The van der Waals surface area contributed by atoms with Gasteiger partial charge in [-0.2, -0.15) is 0 Å². The summed E-state index contributed by atoms with van der Waals surface area (Å²) in [4.78, 5) is 2.34. The van der Waals surface area contributed by atoms with E-state index in [4.69, 9.17) is 0 Å². The maximum Gasteiger partial charge on any atom is 0.0170 e. The van der Waals surface area contributed by atoms with E-state index in [1.165, 1.54) is 16.7 Å². The summed E-state index contributed by atoms with van der Waals surface area (Å²) in [5.41, 5.74) is 4.29. The molecular weight excluding hydrogens is 254 g/mol. The molecule has 1 atom stereocenters. The van der Waals surface area contributed by atoms with Gasteiger partial charge in [0.05, 0.1) is 0 Å². The van der Waals surface area contributed by atoms with Gasteiger partial charge in [0.1, 0.15) is 0 Å². The molecule has 1 heteroatoms. The summed E-state index contributed by atoms with van der Waals surface area (Å²) in [7, 11) is 4.36. The van der Waals surface area contributed by atoms with Crippen LogP contribution in [0.15, 0.2) is 54.6 Å². The molecular formula is C20H27N. The molecule has 0 radical (unpaired) electrons. The Balaban J connectivity index is 2.11. The van der Waals surface area contributed by atoms with Crippen molar-refractivity contribution in [2.75, 3.05) is 14.1 Å². The molecule has 2 rings (SSSR count). The molecule has 1 nitrogen and oxygen atoms in total. The maximum absolute atomic E-state index is 2.37. The lowest BCUT2D eigenvalue weighted by Gasteiger charge is -2.25. The van der Waals surface area contributed by atoms with Crippen LogP contribution in [0.1, 0.15) is 36.5 Å². The van der Waals surface area contributed by atoms with E-state index in [2.05, 4.69) is 87.4 Å². The topological polar surface area (TPSA) is 3.24 Å². The van der Waals surface area contributed by atoms with E-state index in [0.29, 0.717) is 12.0 Å². The third-order valence-corrected chi connectivity index (χ3v) is 4.13. The summed E-state index contributed by atoms with van der Waals surface area (Å²) in [6, 6.07) is 20.4. The molecule has 2 aromatic rings. The zero-order valence-electron chi connectivity index (χ0n) is 13.7. The first kappa shape index (κ1) is 15.8. The highest BCUT2D eigenvalue weighted by Gasteiger charge is 2.13. The van der Waals surface area contributed by atoms with Crippen LogP contribution < -0.4 is 0 Å². The first-order chi connectivity index (χ1) is 10.1. The minimum absolute atomic E-state index is 0.537. The van der Waals surface area contributed by atoms with Crippen LogP contribution in [-0.2, 0) is 12.8 Å². The quantitative estimate of drug-likeness (QED) is 0.752. The van der Waals surface area contributed by atoms with E-state index in [-0.39, 0.29) is 0 Å². The number of likely N-dealkylation sites (N-methyl/N-ethyl adjacent to an activating group) is 1. The van der Waals surface area contributed by atoms with E-state index in [0.717, 1.165) is 12.8 Å². The molecule has 0 bridgehead atoms. The van der Waals surface area contributed by atoms with Crippen LogP contribution in [0.2, 0.25) is 0 Å². The second-order valence-electron chi connectivity index (χ2n) is 6.41. The first-order valence-corrected chi connectivity index (χ1v) is 7.85. The fraction of sp³-hybridized carbons (Fsp3) is 0.400. The Morgan fingerprint density at radius 3 is 2.05 bits per heavy atom. The predicted molar refractivity (Wildman–Crippen MR) is 91.9 cm³/mol. The molecule has 0 fully saturated rings. The average Bonchev–Trinajstić information content (AvgIpc) is 2.48. The third kappa shape index (κ3) is 4.71. The molecule has 1 unspecified atom stereocenters. The van der Waals surface area contributed by atoms with Crippen molar-refractivity contribution in [1.29, 1.82) is 0 Å². The molecule has 0 aliphatic carbocycles. The Hall–Kier alpha value is -1.60. The summed E-state index contributed by atoms with van der Waals surface area (Å²) < 4.78 is 0.